The highest BCUT2D eigenvalue weighted by molar-refractivity contribution is 6.34. The summed E-state index contributed by atoms with van der Waals surface area (Å²) in [5.74, 6) is 0.262. The summed E-state index contributed by atoms with van der Waals surface area (Å²) in [5.41, 5.74) is 0.871. The van der Waals surface area contributed by atoms with Crippen LogP contribution in [0.5, 0.6) is 0 Å². The Labute approximate surface area is 175 Å². The van der Waals surface area contributed by atoms with Gasteiger partial charge >= 0.3 is 6.03 Å². The largest absolute Gasteiger partial charge is 0.467 e. The molecule has 1 aliphatic rings. The van der Waals surface area contributed by atoms with Gasteiger partial charge in [0.05, 0.1) is 23.4 Å². The van der Waals surface area contributed by atoms with Crippen molar-refractivity contribution in [3.05, 3.63) is 52.9 Å². The highest BCUT2D eigenvalue weighted by Crippen LogP contribution is 2.26. The van der Waals surface area contributed by atoms with Gasteiger partial charge in [-0.1, -0.05) is 30.9 Å². The number of hydrogen-bond donors (Lipinski definition) is 3. The van der Waals surface area contributed by atoms with Crippen molar-refractivity contribution in [2.45, 2.75) is 44.2 Å². The Morgan fingerprint density at radius 3 is 2.69 bits per heavy atom. The molecule has 1 atom stereocenters. The quantitative estimate of drug-likeness (QED) is 0.654. The molecule has 0 saturated heterocycles. The summed E-state index contributed by atoms with van der Waals surface area (Å²) < 4.78 is 5.09. The van der Waals surface area contributed by atoms with E-state index in [4.69, 9.17) is 16.0 Å². The van der Waals surface area contributed by atoms with Gasteiger partial charge in [-0.3, -0.25) is 4.79 Å². The average molecular weight is 420 g/mol. The van der Waals surface area contributed by atoms with Gasteiger partial charge in [-0.05, 0) is 43.2 Å². The van der Waals surface area contributed by atoms with Crippen LogP contribution in [0.1, 0.15) is 54.3 Å². The van der Waals surface area contributed by atoms with E-state index in [-0.39, 0.29) is 23.5 Å². The van der Waals surface area contributed by atoms with Crippen LogP contribution >= 0.6 is 11.6 Å². The molecule has 29 heavy (non-hydrogen) atoms. The molecule has 1 aromatic carbocycles. The van der Waals surface area contributed by atoms with Gasteiger partial charge in [0.1, 0.15) is 11.9 Å². The SMILES string of the molecule is CN(C(=O)c1ccc(NC(=O)NCC(O)c2ccco2)cc1Cl)C1CCCCC1. The number of benzene rings is 1. The van der Waals surface area contributed by atoms with Gasteiger partial charge in [-0.25, -0.2) is 4.79 Å². The highest BCUT2D eigenvalue weighted by Gasteiger charge is 2.24. The maximum absolute atomic E-state index is 12.8. The molecule has 1 aromatic heterocycles. The van der Waals surface area contributed by atoms with E-state index in [9.17, 15) is 14.7 Å². The van der Waals surface area contributed by atoms with Crippen LogP contribution in [-0.4, -0.2) is 41.6 Å². The first kappa shape index (κ1) is 21.2. The number of aliphatic hydroxyl groups excluding tert-OH is 1. The molecule has 2 aromatic rings. The topological polar surface area (TPSA) is 94.8 Å². The summed E-state index contributed by atoms with van der Waals surface area (Å²) in [6, 6.07) is 7.85. The van der Waals surface area contributed by atoms with Crippen molar-refractivity contribution in [2.75, 3.05) is 18.9 Å². The molecule has 3 N–H and O–H groups in total. The Kier molecular flexibility index (Phi) is 7.17. The van der Waals surface area contributed by atoms with E-state index in [1.807, 2.05) is 7.05 Å². The second-order valence-electron chi connectivity index (χ2n) is 7.27. The van der Waals surface area contributed by atoms with Gasteiger partial charge in [0, 0.05) is 18.8 Å². The van der Waals surface area contributed by atoms with Crippen LogP contribution in [0.15, 0.2) is 41.0 Å². The molecule has 0 radical (unpaired) electrons. The molecule has 0 spiro atoms. The first-order valence-corrected chi connectivity index (χ1v) is 10.2. The molecule has 0 bridgehead atoms. The molecule has 1 heterocycles. The summed E-state index contributed by atoms with van der Waals surface area (Å²) in [4.78, 5) is 26.6. The minimum Gasteiger partial charge on any atom is -0.467 e. The van der Waals surface area contributed by atoms with Crippen LogP contribution in [0.2, 0.25) is 5.02 Å². The van der Waals surface area contributed by atoms with Crippen molar-refractivity contribution in [1.82, 2.24) is 10.2 Å². The van der Waals surface area contributed by atoms with Crippen molar-refractivity contribution < 1.29 is 19.1 Å². The molecule has 3 rings (SSSR count). The second kappa shape index (κ2) is 9.80. The number of nitrogens with zero attached hydrogens (tertiary/aromatic N) is 1. The molecule has 156 valence electrons. The van der Waals surface area contributed by atoms with Gasteiger partial charge in [0.15, 0.2) is 0 Å². The minimum atomic E-state index is -0.936. The number of carbonyl (C=O) groups excluding carboxylic acids is 2. The van der Waals surface area contributed by atoms with Crippen LogP contribution in [0.3, 0.4) is 0 Å². The molecular weight excluding hydrogens is 394 g/mol. The number of furan rings is 1. The Hall–Kier alpha value is -2.51. The fraction of sp³-hybridized carbons (Fsp3) is 0.429. The lowest BCUT2D eigenvalue weighted by Gasteiger charge is -2.31. The second-order valence-corrected chi connectivity index (χ2v) is 7.68. The third kappa shape index (κ3) is 5.52. The molecule has 7 nitrogen and oxygen atoms in total. The summed E-state index contributed by atoms with van der Waals surface area (Å²) in [6.45, 7) is -0.00414. The number of hydrogen-bond acceptors (Lipinski definition) is 4. The summed E-state index contributed by atoms with van der Waals surface area (Å²) in [7, 11) is 1.82. The third-order valence-electron chi connectivity index (χ3n) is 5.23. The number of rotatable bonds is 6. The fourth-order valence-corrected chi connectivity index (χ4v) is 3.80. The van der Waals surface area contributed by atoms with Crippen molar-refractivity contribution in [3.63, 3.8) is 0 Å². The van der Waals surface area contributed by atoms with Crippen molar-refractivity contribution in [1.29, 1.82) is 0 Å². The number of urea groups is 1. The zero-order valence-corrected chi connectivity index (χ0v) is 17.1. The van der Waals surface area contributed by atoms with Gasteiger partial charge < -0.3 is 25.1 Å². The van der Waals surface area contributed by atoms with Crippen LogP contribution in [-0.2, 0) is 0 Å². The molecular formula is C21H26ClN3O4. The maximum Gasteiger partial charge on any atom is 0.319 e. The summed E-state index contributed by atoms with van der Waals surface area (Å²) in [5, 5.41) is 15.4. The molecule has 0 aliphatic heterocycles. The molecule has 3 amide bonds. The van der Waals surface area contributed by atoms with Gasteiger partial charge in [0.25, 0.3) is 5.91 Å². The van der Waals surface area contributed by atoms with E-state index in [1.165, 1.54) is 12.7 Å². The van der Waals surface area contributed by atoms with E-state index in [2.05, 4.69) is 10.6 Å². The van der Waals surface area contributed by atoms with Gasteiger partial charge in [0.2, 0.25) is 0 Å². The van der Waals surface area contributed by atoms with Gasteiger partial charge in [-0.2, -0.15) is 0 Å². The monoisotopic (exact) mass is 419 g/mol. The van der Waals surface area contributed by atoms with Crippen molar-refractivity contribution in [2.24, 2.45) is 0 Å². The van der Waals surface area contributed by atoms with E-state index in [0.29, 0.717) is 17.0 Å². The molecule has 1 aliphatic carbocycles. The van der Waals surface area contributed by atoms with Crippen LogP contribution in [0, 0.1) is 0 Å². The van der Waals surface area contributed by atoms with E-state index in [0.717, 1.165) is 25.7 Å². The normalized spacial score (nSPS) is 15.6. The minimum absolute atomic E-state index is 0.00414. The average Bonchev–Trinajstić information content (AvgIpc) is 3.27. The summed E-state index contributed by atoms with van der Waals surface area (Å²) >= 11 is 6.31. The van der Waals surface area contributed by atoms with Crippen molar-refractivity contribution in [3.8, 4) is 0 Å². The maximum atomic E-state index is 12.8. The number of anilines is 1. The number of halogens is 1. The highest BCUT2D eigenvalue weighted by atomic mass is 35.5. The van der Waals surface area contributed by atoms with E-state index in [1.54, 1.807) is 35.2 Å². The predicted octanol–water partition coefficient (Wildman–Crippen LogP) is 4.19. The molecule has 1 fully saturated rings. The van der Waals surface area contributed by atoms with E-state index >= 15 is 0 Å². The number of carbonyl (C=O) groups is 2. The zero-order valence-electron chi connectivity index (χ0n) is 16.4. The zero-order chi connectivity index (χ0) is 20.8. The predicted molar refractivity (Wildman–Crippen MR) is 111 cm³/mol. The number of aliphatic hydroxyl groups is 1. The lowest BCUT2D eigenvalue weighted by Crippen LogP contribution is -2.38. The standard InChI is InChI=1S/C21H26ClN3O4/c1-25(15-6-3-2-4-7-15)20(27)16-10-9-14(12-17(16)22)24-21(28)23-13-18(26)19-8-5-11-29-19/h5,8-12,15,18,26H,2-4,6-7,13H2,1H3,(H2,23,24,28). The smallest absolute Gasteiger partial charge is 0.319 e. The van der Waals surface area contributed by atoms with Gasteiger partial charge in [-0.15, -0.1) is 0 Å². The van der Waals surface area contributed by atoms with E-state index < -0.39 is 12.1 Å². The molecule has 1 saturated carbocycles. The van der Waals surface area contributed by atoms with Crippen LogP contribution in [0.4, 0.5) is 10.5 Å². The van der Waals surface area contributed by atoms with Crippen LogP contribution in [0.25, 0.3) is 0 Å². The number of nitrogens with one attached hydrogen (secondary N) is 2. The lowest BCUT2D eigenvalue weighted by atomic mass is 9.94. The third-order valence-corrected chi connectivity index (χ3v) is 5.54. The molecule has 8 heteroatoms. The van der Waals surface area contributed by atoms with Crippen molar-refractivity contribution >= 4 is 29.2 Å². The Bertz CT molecular complexity index is 834. The lowest BCUT2D eigenvalue weighted by molar-refractivity contribution is 0.0696. The Morgan fingerprint density at radius 2 is 2.03 bits per heavy atom. The first-order valence-electron chi connectivity index (χ1n) is 9.78. The molecule has 1 unspecified atom stereocenters. The first-order chi connectivity index (χ1) is 14.0. The fourth-order valence-electron chi connectivity index (χ4n) is 3.54. The summed E-state index contributed by atoms with van der Waals surface area (Å²) in [6.07, 6.45) is 6.06. The Morgan fingerprint density at radius 1 is 1.28 bits per heavy atom. The number of amides is 3. The van der Waals surface area contributed by atoms with Crippen LogP contribution < -0.4 is 10.6 Å². The Balaban J connectivity index is 1.55.